The maximum absolute atomic E-state index is 6.56. The molecule has 125 heavy (non-hydrogen) atoms. The fourth-order valence-electron chi connectivity index (χ4n) is 21.7. The summed E-state index contributed by atoms with van der Waals surface area (Å²) < 4.78 is 31.3. The highest BCUT2D eigenvalue weighted by Crippen LogP contribution is 2.53. The first-order valence-corrected chi connectivity index (χ1v) is 44.3. The average Bonchev–Trinajstić information content (AvgIpc) is 1.55. The number of rotatable bonds is 8. The van der Waals surface area contributed by atoms with Crippen molar-refractivity contribution in [3.8, 4) is 45.5 Å². The van der Waals surface area contributed by atoms with E-state index in [2.05, 4.69) is 449 Å². The molecular weight excluding hydrogens is 1560 g/mol. The third kappa shape index (κ3) is 9.59. The molecule has 0 aliphatic carbocycles. The summed E-state index contributed by atoms with van der Waals surface area (Å²) in [6.07, 6.45) is 0. The zero-order valence-corrected chi connectivity index (χ0v) is 68.7. The van der Waals surface area contributed by atoms with Crippen LogP contribution in [0.3, 0.4) is 0 Å². The normalized spacial score (nSPS) is 12.3. The predicted octanol–water partition coefficient (Wildman–Crippen LogP) is 31.3. The van der Waals surface area contributed by atoms with E-state index in [1.54, 1.807) is 0 Å². The topological polar surface area (TPSA) is 52.6 Å². The number of benzene rings is 19. The van der Waals surface area contributed by atoms with Crippen LogP contribution in [0.1, 0.15) is 0 Å². The molecule has 582 valence electrons. The van der Waals surface area contributed by atoms with Gasteiger partial charge in [0.05, 0.1) is 93.7 Å². The summed E-state index contributed by atoms with van der Waals surface area (Å²) in [7, 11) is 0. The Bertz CT molecular complexity index is 9600. The third-order valence-electron chi connectivity index (χ3n) is 26.5. The van der Waals surface area contributed by atoms with Crippen LogP contribution in [0.15, 0.2) is 417 Å². The van der Waals surface area contributed by atoms with E-state index in [0.717, 1.165) is 39.1 Å². The van der Waals surface area contributed by atoms with Crippen molar-refractivity contribution >= 4 is 227 Å². The van der Waals surface area contributed by atoms with E-state index in [4.69, 9.17) is 4.42 Å². The molecule has 0 radical (unpaired) electrons. The van der Waals surface area contributed by atoms with E-state index in [1.807, 2.05) is 22.7 Å². The molecule has 0 unspecified atom stereocenters. The Morgan fingerprint density at radius 2 is 0.376 bits per heavy atom. The van der Waals surface area contributed by atoms with Crippen molar-refractivity contribution in [3.05, 3.63) is 413 Å². The third-order valence-corrected chi connectivity index (χ3v) is 28.7. The van der Waals surface area contributed by atoms with Crippen LogP contribution in [0.25, 0.3) is 250 Å². The Morgan fingerprint density at radius 1 is 0.136 bits per heavy atom. The number of hydrogen-bond acceptors (Lipinski definition) is 3. The molecule has 0 bridgehead atoms. The number of aromatic nitrogens is 8. The molecule has 0 aliphatic heterocycles. The van der Waals surface area contributed by atoms with E-state index < -0.39 is 0 Å². The minimum atomic E-state index is 0.903. The average molecular weight is 1630 g/mol. The lowest BCUT2D eigenvalue weighted by Gasteiger charge is -2.14. The number of hydrogen-bond donors (Lipinski definition) is 0. The van der Waals surface area contributed by atoms with Crippen LogP contribution in [-0.4, -0.2) is 36.5 Å². The van der Waals surface area contributed by atoms with Gasteiger partial charge in [-0.1, -0.05) is 182 Å². The van der Waals surface area contributed by atoms with Gasteiger partial charge in [0.1, 0.15) is 11.2 Å². The van der Waals surface area contributed by atoms with Crippen LogP contribution in [-0.2, 0) is 0 Å². The molecule has 0 fully saturated rings. The first-order chi connectivity index (χ1) is 62.1. The minimum Gasteiger partial charge on any atom is -0.456 e. The van der Waals surface area contributed by atoms with Crippen molar-refractivity contribution < 1.29 is 4.42 Å². The maximum atomic E-state index is 6.56. The highest BCUT2D eigenvalue weighted by Gasteiger charge is 2.30. The summed E-state index contributed by atoms with van der Waals surface area (Å²) in [5.74, 6) is 0. The molecule has 0 atom stereocenters. The zero-order valence-electron chi connectivity index (χ0n) is 67.1. The van der Waals surface area contributed by atoms with Gasteiger partial charge in [-0.05, 0) is 231 Å². The van der Waals surface area contributed by atoms with Crippen molar-refractivity contribution in [1.82, 2.24) is 36.5 Å². The molecule has 30 rings (SSSR count). The monoisotopic (exact) mass is 1630 g/mol. The molecule has 30 aromatic rings. The number of nitrogens with zero attached hydrogens (tertiary/aromatic N) is 8. The van der Waals surface area contributed by atoms with Crippen LogP contribution in [0.5, 0.6) is 0 Å². The molecular formula is C114H68N8OS2. The van der Waals surface area contributed by atoms with Crippen molar-refractivity contribution in [2.24, 2.45) is 0 Å². The fraction of sp³-hybridized carbons (Fsp3) is 0. The van der Waals surface area contributed by atoms with E-state index in [1.165, 1.54) is 211 Å². The summed E-state index contributed by atoms with van der Waals surface area (Å²) in [5, 5.41) is 20.5. The van der Waals surface area contributed by atoms with Gasteiger partial charge in [0.25, 0.3) is 0 Å². The van der Waals surface area contributed by atoms with Crippen LogP contribution >= 0.6 is 22.7 Å². The Balaban J connectivity index is 0.0000000971. The molecule has 11 heterocycles. The molecule has 0 aliphatic rings. The Labute approximate surface area is 720 Å². The fourth-order valence-corrected chi connectivity index (χ4v) is 23.9. The molecule has 11 heteroatoms. The molecule has 0 spiro atoms. The van der Waals surface area contributed by atoms with Gasteiger partial charge in [0, 0.05) is 145 Å². The number of para-hydroxylation sites is 8. The van der Waals surface area contributed by atoms with Crippen molar-refractivity contribution in [2.75, 3.05) is 0 Å². The van der Waals surface area contributed by atoms with E-state index >= 15 is 0 Å². The van der Waals surface area contributed by atoms with Crippen LogP contribution in [0, 0.1) is 0 Å². The molecule has 0 saturated heterocycles. The lowest BCUT2D eigenvalue weighted by molar-refractivity contribution is 0.669. The first kappa shape index (κ1) is 68.6. The standard InChI is InChI=1S/C42H25N3O.C42H25N3S.C30H18N2S/c1-3-11-26(12-4-1)43-31-16-8-7-15-29(31)30-25-28(21-22-32(30)43)45-34-18-9-17-33-39(34)41-36(44(33)27-13-5-2-6-14-27)23-24-38-42(41)40-35(45)19-10-20-37(40)46-38;1-3-11-26(12-4-1)43-31-16-8-7-15-29(31)30-25-28(21-22-32(30)43)45-34-18-9-17-33-39(34)41-36(45)23-24-38-42(41)40-35(19-10-20-37(40)46-38)44(33)27-13-5-2-6-14-27;1-3-9-19(10-4-1)31-21-13-7-14-22-27(21)29-24(32(22)20-11-5-2-6-12-20)17-18-26-30(29)28-23(31)15-8-16-25(28)33-26/h2*1-25H;1-18H. The smallest absolute Gasteiger partial charge is 0.137 e. The summed E-state index contributed by atoms with van der Waals surface area (Å²) >= 11 is 3.79. The van der Waals surface area contributed by atoms with Gasteiger partial charge in [0.15, 0.2) is 0 Å². The summed E-state index contributed by atoms with van der Waals surface area (Å²) in [6, 6.07) is 150. The zero-order chi connectivity index (χ0) is 81.4. The van der Waals surface area contributed by atoms with Crippen LogP contribution in [0.4, 0.5) is 0 Å². The summed E-state index contributed by atoms with van der Waals surface area (Å²) in [4.78, 5) is 0. The summed E-state index contributed by atoms with van der Waals surface area (Å²) in [6.45, 7) is 0. The van der Waals surface area contributed by atoms with Gasteiger partial charge in [0.2, 0.25) is 0 Å². The minimum absolute atomic E-state index is 0.903. The van der Waals surface area contributed by atoms with Gasteiger partial charge in [-0.15, -0.1) is 22.7 Å². The lowest BCUT2D eigenvalue weighted by atomic mass is 10.1. The molecule has 0 amide bonds. The molecule has 9 nitrogen and oxygen atoms in total. The van der Waals surface area contributed by atoms with Crippen molar-refractivity contribution in [2.45, 2.75) is 0 Å². The SMILES string of the molecule is c1ccc(-n2c3cccc4sc5ccc6c(c5c43)c3c2cccc3n6-c2ccccc2)cc1.c1ccc(-n2c3ccccc3c3cc(-n4c5ccc6sc7cccc8c7c6c5c5c(cccc54)n8-c4ccccc4)ccc32)cc1.c1ccc(-n2c3ccccc3c3cc(-n4c5cccc6oc7ccc8c(c7c65)c5c4cccc5n8-c4ccccc4)ccc32)cc1. The van der Waals surface area contributed by atoms with Crippen molar-refractivity contribution in [3.63, 3.8) is 0 Å². The Kier molecular flexibility index (Phi) is 14.4. The van der Waals surface area contributed by atoms with E-state index in [-0.39, 0.29) is 0 Å². The predicted molar refractivity (Wildman–Crippen MR) is 528 cm³/mol. The largest absolute Gasteiger partial charge is 0.456 e. The second-order valence-corrected chi connectivity index (χ2v) is 35.1. The van der Waals surface area contributed by atoms with Crippen molar-refractivity contribution in [1.29, 1.82) is 0 Å². The highest BCUT2D eigenvalue weighted by atomic mass is 32.1. The van der Waals surface area contributed by atoms with E-state index in [0.29, 0.717) is 0 Å². The molecule has 11 aromatic heterocycles. The van der Waals surface area contributed by atoms with Crippen LogP contribution in [0.2, 0.25) is 0 Å². The van der Waals surface area contributed by atoms with Gasteiger partial charge in [-0.3, -0.25) is 0 Å². The molecule has 0 saturated carbocycles. The van der Waals surface area contributed by atoms with Gasteiger partial charge < -0.3 is 41.0 Å². The highest BCUT2D eigenvalue weighted by molar-refractivity contribution is 7.26. The van der Waals surface area contributed by atoms with Gasteiger partial charge >= 0.3 is 0 Å². The van der Waals surface area contributed by atoms with Gasteiger partial charge in [-0.25, -0.2) is 0 Å². The quantitative estimate of drug-likeness (QED) is 0.150. The molecule has 0 N–H and O–H groups in total. The second kappa shape index (κ2) is 26.2. The Morgan fingerprint density at radius 3 is 0.744 bits per heavy atom. The second-order valence-electron chi connectivity index (χ2n) is 32.9. The van der Waals surface area contributed by atoms with Gasteiger partial charge in [-0.2, -0.15) is 0 Å². The number of fused-ring (bicyclic) bond motifs is 6. The van der Waals surface area contributed by atoms with Crippen LogP contribution < -0.4 is 0 Å². The first-order valence-electron chi connectivity index (χ1n) is 42.6. The summed E-state index contributed by atoms with van der Waals surface area (Å²) in [5.41, 5.74) is 30.5. The number of furan rings is 1. The van der Waals surface area contributed by atoms with E-state index in [9.17, 15) is 0 Å². The molecule has 19 aromatic carbocycles. The maximum Gasteiger partial charge on any atom is 0.137 e. The number of thiophene rings is 2. The lowest BCUT2D eigenvalue weighted by Crippen LogP contribution is -1.98. The Hall–Kier alpha value is -16.2.